The highest BCUT2D eigenvalue weighted by molar-refractivity contribution is 7.12. The van der Waals surface area contributed by atoms with Gasteiger partial charge < -0.3 is 5.32 Å². The summed E-state index contributed by atoms with van der Waals surface area (Å²) in [5.74, 6) is 0.147. The number of aryl methyl sites for hydroxylation is 2. The van der Waals surface area contributed by atoms with Crippen molar-refractivity contribution in [1.29, 1.82) is 0 Å². The van der Waals surface area contributed by atoms with Crippen LogP contribution in [0, 0.1) is 12.7 Å². The lowest BCUT2D eigenvalue weighted by atomic mass is 10.1. The minimum absolute atomic E-state index is 0.197. The number of anilines is 1. The lowest BCUT2D eigenvalue weighted by Gasteiger charge is -2.06. The fourth-order valence-electron chi connectivity index (χ4n) is 2.24. The smallest absolute Gasteiger partial charge is 0.267 e. The summed E-state index contributed by atoms with van der Waals surface area (Å²) in [4.78, 5) is 13.1. The number of benzene rings is 1. The van der Waals surface area contributed by atoms with Crippen molar-refractivity contribution < 1.29 is 9.18 Å². The molecular formula is C16H14FN3OS. The van der Waals surface area contributed by atoms with E-state index in [1.807, 2.05) is 24.4 Å². The average molecular weight is 315 g/mol. The summed E-state index contributed by atoms with van der Waals surface area (Å²) in [7, 11) is 1.78. The van der Waals surface area contributed by atoms with Crippen LogP contribution >= 0.6 is 11.3 Å². The van der Waals surface area contributed by atoms with Crippen molar-refractivity contribution in [2.45, 2.75) is 6.92 Å². The first-order valence-corrected chi connectivity index (χ1v) is 7.58. The molecule has 1 aromatic carbocycles. The van der Waals surface area contributed by atoms with Crippen molar-refractivity contribution in [3.05, 3.63) is 58.2 Å². The molecule has 0 bridgehead atoms. The molecule has 0 radical (unpaired) electrons. The predicted molar refractivity (Wildman–Crippen MR) is 85.6 cm³/mol. The molecule has 1 N–H and O–H groups in total. The summed E-state index contributed by atoms with van der Waals surface area (Å²) in [6, 6.07) is 9.79. The van der Waals surface area contributed by atoms with Gasteiger partial charge in [0.25, 0.3) is 5.91 Å². The molecule has 22 heavy (non-hydrogen) atoms. The Labute approximate surface area is 131 Å². The van der Waals surface area contributed by atoms with E-state index in [1.54, 1.807) is 23.9 Å². The first kappa shape index (κ1) is 14.5. The third-order valence-corrected chi connectivity index (χ3v) is 4.18. The van der Waals surface area contributed by atoms with Crippen LogP contribution in [0.4, 0.5) is 10.2 Å². The van der Waals surface area contributed by atoms with Gasteiger partial charge in [-0.2, -0.15) is 5.10 Å². The zero-order valence-corrected chi connectivity index (χ0v) is 12.9. The molecule has 0 atom stereocenters. The van der Waals surface area contributed by atoms with Gasteiger partial charge in [0.1, 0.15) is 16.5 Å². The largest absolute Gasteiger partial charge is 0.306 e. The van der Waals surface area contributed by atoms with E-state index < -0.39 is 0 Å². The first-order valence-electron chi connectivity index (χ1n) is 6.70. The zero-order valence-electron chi connectivity index (χ0n) is 12.1. The Morgan fingerprint density at radius 2 is 2.00 bits per heavy atom. The molecule has 0 aliphatic heterocycles. The Morgan fingerprint density at radius 3 is 2.64 bits per heavy atom. The van der Waals surface area contributed by atoms with Crippen LogP contribution in [0.3, 0.4) is 0 Å². The quantitative estimate of drug-likeness (QED) is 0.798. The maximum atomic E-state index is 13.0. The van der Waals surface area contributed by atoms with Crippen LogP contribution in [-0.2, 0) is 7.05 Å². The van der Waals surface area contributed by atoms with Gasteiger partial charge in [0.05, 0.1) is 5.69 Å². The average Bonchev–Trinajstić information content (AvgIpc) is 3.07. The van der Waals surface area contributed by atoms with E-state index in [2.05, 4.69) is 10.4 Å². The number of thiophene rings is 1. The molecule has 6 heteroatoms. The first-order chi connectivity index (χ1) is 10.5. The third kappa shape index (κ3) is 2.78. The number of amides is 1. The highest BCUT2D eigenvalue weighted by Gasteiger charge is 2.16. The Kier molecular flexibility index (Phi) is 3.77. The van der Waals surface area contributed by atoms with Gasteiger partial charge in [0.2, 0.25) is 0 Å². The van der Waals surface area contributed by atoms with Crippen LogP contribution in [0.25, 0.3) is 11.1 Å². The molecule has 1 amide bonds. The number of hydrogen-bond donors (Lipinski definition) is 1. The van der Waals surface area contributed by atoms with Gasteiger partial charge in [0, 0.05) is 18.7 Å². The van der Waals surface area contributed by atoms with Gasteiger partial charge in [-0.1, -0.05) is 12.1 Å². The van der Waals surface area contributed by atoms with Crippen LogP contribution < -0.4 is 5.32 Å². The SMILES string of the molecule is Cc1cc(NC(=O)c2sccc2-c2ccc(F)cc2)n(C)n1. The molecule has 0 spiro atoms. The molecule has 2 heterocycles. The molecule has 3 rings (SSSR count). The second kappa shape index (κ2) is 5.73. The topological polar surface area (TPSA) is 46.9 Å². The molecule has 2 aromatic heterocycles. The number of aromatic nitrogens is 2. The van der Waals surface area contributed by atoms with Gasteiger partial charge in [0.15, 0.2) is 0 Å². The van der Waals surface area contributed by atoms with E-state index in [0.29, 0.717) is 10.7 Å². The fraction of sp³-hybridized carbons (Fsp3) is 0.125. The second-order valence-electron chi connectivity index (χ2n) is 4.92. The van der Waals surface area contributed by atoms with Crippen molar-refractivity contribution in [3.8, 4) is 11.1 Å². The monoisotopic (exact) mass is 315 g/mol. The molecule has 0 saturated carbocycles. The molecule has 0 saturated heterocycles. The number of rotatable bonds is 3. The Bertz CT molecular complexity index is 820. The van der Waals surface area contributed by atoms with E-state index in [9.17, 15) is 9.18 Å². The highest BCUT2D eigenvalue weighted by Crippen LogP contribution is 2.29. The lowest BCUT2D eigenvalue weighted by Crippen LogP contribution is -2.14. The summed E-state index contributed by atoms with van der Waals surface area (Å²) in [5, 5.41) is 8.90. The normalized spacial score (nSPS) is 10.7. The van der Waals surface area contributed by atoms with Crippen LogP contribution in [-0.4, -0.2) is 15.7 Å². The fourth-order valence-corrected chi connectivity index (χ4v) is 3.05. The molecule has 112 valence electrons. The van der Waals surface area contributed by atoms with E-state index in [-0.39, 0.29) is 11.7 Å². The summed E-state index contributed by atoms with van der Waals surface area (Å²) in [6.45, 7) is 1.87. The van der Waals surface area contributed by atoms with Crippen molar-refractivity contribution in [1.82, 2.24) is 9.78 Å². The summed E-state index contributed by atoms with van der Waals surface area (Å²) in [5.41, 5.74) is 2.44. The van der Waals surface area contributed by atoms with Crippen LogP contribution in [0.2, 0.25) is 0 Å². The van der Waals surface area contributed by atoms with E-state index in [0.717, 1.165) is 16.8 Å². The van der Waals surface area contributed by atoms with Gasteiger partial charge >= 0.3 is 0 Å². The second-order valence-corrected chi connectivity index (χ2v) is 5.84. The summed E-state index contributed by atoms with van der Waals surface area (Å²) >= 11 is 1.35. The predicted octanol–water partition coefficient (Wildman–Crippen LogP) is 3.85. The van der Waals surface area contributed by atoms with Crippen molar-refractivity contribution >= 4 is 23.1 Å². The number of halogens is 1. The molecule has 0 aliphatic rings. The van der Waals surface area contributed by atoms with Gasteiger partial charge in [-0.15, -0.1) is 11.3 Å². The van der Waals surface area contributed by atoms with Crippen LogP contribution in [0.1, 0.15) is 15.4 Å². The maximum absolute atomic E-state index is 13.0. The summed E-state index contributed by atoms with van der Waals surface area (Å²) in [6.07, 6.45) is 0. The van der Waals surface area contributed by atoms with Crippen molar-refractivity contribution in [2.24, 2.45) is 7.05 Å². The maximum Gasteiger partial charge on any atom is 0.267 e. The Hall–Kier alpha value is -2.47. The number of hydrogen-bond acceptors (Lipinski definition) is 3. The molecule has 0 fully saturated rings. The van der Waals surface area contributed by atoms with E-state index in [1.165, 1.54) is 23.5 Å². The van der Waals surface area contributed by atoms with E-state index in [4.69, 9.17) is 0 Å². The number of nitrogens with one attached hydrogen (secondary N) is 1. The van der Waals surface area contributed by atoms with E-state index >= 15 is 0 Å². The molecule has 3 aromatic rings. The summed E-state index contributed by atoms with van der Waals surface area (Å²) < 4.78 is 14.7. The zero-order chi connectivity index (χ0) is 15.7. The van der Waals surface area contributed by atoms with Crippen LogP contribution in [0.15, 0.2) is 41.8 Å². The Morgan fingerprint density at radius 1 is 1.27 bits per heavy atom. The molecular weight excluding hydrogens is 301 g/mol. The molecule has 0 unspecified atom stereocenters. The minimum atomic E-state index is -0.296. The molecule has 4 nitrogen and oxygen atoms in total. The number of carbonyl (C=O) groups is 1. The lowest BCUT2D eigenvalue weighted by molar-refractivity contribution is 0.103. The van der Waals surface area contributed by atoms with Gasteiger partial charge in [-0.25, -0.2) is 4.39 Å². The third-order valence-electron chi connectivity index (χ3n) is 3.27. The molecule has 0 aliphatic carbocycles. The number of carbonyl (C=O) groups excluding carboxylic acids is 1. The minimum Gasteiger partial charge on any atom is -0.306 e. The number of nitrogens with zero attached hydrogens (tertiary/aromatic N) is 2. The van der Waals surface area contributed by atoms with Crippen molar-refractivity contribution in [3.63, 3.8) is 0 Å². The van der Waals surface area contributed by atoms with Crippen molar-refractivity contribution in [2.75, 3.05) is 5.32 Å². The Balaban J connectivity index is 1.89. The van der Waals surface area contributed by atoms with Crippen LogP contribution in [0.5, 0.6) is 0 Å². The van der Waals surface area contributed by atoms with Gasteiger partial charge in [-0.05, 0) is 36.1 Å². The highest BCUT2D eigenvalue weighted by atomic mass is 32.1. The standard InChI is InChI=1S/C16H14FN3OS/c1-10-9-14(20(2)19-10)18-16(21)15-13(7-8-22-15)11-3-5-12(17)6-4-11/h3-9H,1-2H3,(H,18,21). The van der Waals surface area contributed by atoms with Gasteiger partial charge in [-0.3, -0.25) is 9.48 Å².